The van der Waals surface area contributed by atoms with Crippen molar-refractivity contribution in [2.24, 2.45) is 0 Å². The molecule has 0 heterocycles. The molecule has 0 aliphatic heterocycles. The number of hydrogen-bond donors (Lipinski definition) is 0. The fraction of sp³-hybridized carbons (Fsp3) is 1.00. The van der Waals surface area contributed by atoms with E-state index in [2.05, 4.69) is 42.0 Å². The maximum atomic E-state index is 2.45. The highest BCUT2D eigenvalue weighted by Crippen LogP contribution is 2.14. The standard InChI is InChI=1S/C29H64N2.2BrH/c1-7-9-11-13-15-17-18-19-21-23-25-27-31(5,6)29-28-30(3,4)26-24-22-20-16-14-12-10-8-2;;/h7-29H2,1-6H3;2*1H/q+2;;/p-2. The van der Waals surface area contributed by atoms with Gasteiger partial charge in [-0.1, -0.05) is 110 Å². The van der Waals surface area contributed by atoms with E-state index in [1.807, 2.05) is 0 Å². The molecule has 2 nitrogen and oxygen atoms in total. The Labute approximate surface area is 232 Å². The Balaban J connectivity index is -0.00000450. The Morgan fingerprint density at radius 2 is 0.515 bits per heavy atom. The molecule has 0 aromatic rings. The van der Waals surface area contributed by atoms with Crippen molar-refractivity contribution in [3.05, 3.63) is 0 Å². The molecule has 0 saturated heterocycles. The van der Waals surface area contributed by atoms with Gasteiger partial charge >= 0.3 is 0 Å². The Kier molecular flexibility index (Phi) is 30.2. The number of hydrogen-bond acceptors (Lipinski definition) is 0. The molecule has 0 saturated carbocycles. The van der Waals surface area contributed by atoms with E-state index in [0.29, 0.717) is 0 Å². The van der Waals surface area contributed by atoms with Crippen molar-refractivity contribution in [1.29, 1.82) is 0 Å². The predicted octanol–water partition coefficient (Wildman–Crippen LogP) is 2.60. The number of likely N-dealkylation sites (N-methyl/N-ethyl adjacent to an activating group) is 2. The van der Waals surface area contributed by atoms with Crippen LogP contribution in [0.25, 0.3) is 0 Å². The van der Waals surface area contributed by atoms with Gasteiger partial charge in [0.25, 0.3) is 0 Å². The Morgan fingerprint density at radius 1 is 0.303 bits per heavy atom. The lowest BCUT2D eigenvalue weighted by molar-refractivity contribution is -0.946. The van der Waals surface area contributed by atoms with E-state index in [1.165, 1.54) is 157 Å². The monoisotopic (exact) mass is 598 g/mol. The first-order chi connectivity index (χ1) is 14.8. The molecule has 0 aromatic heterocycles. The topological polar surface area (TPSA) is 0 Å². The second-order valence-electron chi connectivity index (χ2n) is 11.8. The van der Waals surface area contributed by atoms with Crippen LogP contribution in [-0.2, 0) is 0 Å². The summed E-state index contributed by atoms with van der Waals surface area (Å²) in [5, 5.41) is 0. The predicted molar refractivity (Wildman–Crippen MR) is 143 cm³/mol. The van der Waals surface area contributed by atoms with E-state index in [9.17, 15) is 0 Å². The van der Waals surface area contributed by atoms with Crippen molar-refractivity contribution in [2.75, 3.05) is 54.4 Å². The summed E-state index contributed by atoms with van der Waals surface area (Å²) < 4.78 is 2.41. The summed E-state index contributed by atoms with van der Waals surface area (Å²) in [7, 11) is 9.80. The van der Waals surface area contributed by atoms with E-state index in [0.717, 1.165) is 0 Å². The number of nitrogens with zero attached hydrogens (tertiary/aromatic N) is 2. The molecule has 0 aliphatic rings. The molecule has 0 amide bonds. The van der Waals surface area contributed by atoms with Crippen molar-refractivity contribution in [3.8, 4) is 0 Å². The number of halogens is 2. The van der Waals surface area contributed by atoms with Crippen molar-refractivity contribution < 1.29 is 42.9 Å². The van der Waals surface area contributed by atoms with Crippen molar-refractivity contribution in [2.45, 2.75) is 136 Å². The lowest BCUT2D eigenvalue weighted by Gasteiger charge is -2.36. The van der Waals surface area contributed by atoms with Crippen LogP contribution in [0.15, 0.2) is 0 Å². The molecule has 0 fully saturated rings. The zero-order chi connectivity index (χ0) is 23.3. The Morgan fingerprint density at radius 3 is 0.758 bits per heavy atom. The molecule has 33 heavy (non-hydrogen) atoms. The molecule has 0 aromatic carbocycles. The van der Waals surface area contributed by atoms with Crippen LogP contribution in [0.2, 0.25) is 0 Å². The molecule has 0 aliphatic carbocycles. The average molecular weight is 601 g/mol. The first-order valence-corrected chi connectivity index (χ1v) is 14.5. The van der Waals surface area contributed by atoms with Gasteiger partial charge in [0, 0.05) is 0 Å². The molecule has 0 spiro atoms. The van der Waals surface area contributed by atoms with Crippen molar-refractivity contribution in [3.63, 3.8) is 0 Å². The van der Waals surface area contributed by atoms with Crippen molar-refractivity contribution in [1.82, 2.24) is 0 Å². The molecule has 0 unspecified atom stereocenters. The molecule has 204 valence electrons. The lowest BCUT2D eigenvalue weighted by Crippen LogP contribution is -3.00. The summed E-state index contributed by atoms with van der Waals surface area (Å²) in [6.45, 7) is 9.96. The number of unbranched alkanes of at least 4 members (excludes halogenated alkanes) is 17. The third-order valence-electron chi connectivity index (χ3n) is 7.29. The second kappa shape index (κ2) is 26.0. The first-order valence-electron chi connectivity index (χ1n) is 14.5. The molecular formula is C29H64Br2N2. The fourth-order valence-corrected chi connectivity index (χ4v) is 4.64. The van der Waals surface area contributed by atoms with Gasteiger partial charge in [-0.15, -0.1) is 0 Å². The highest BCUT2D eigenvalue weighted by Gasteiger charge is 2.22. The van der Waals surface area contributed by atoms with E-state index in [-0.39, 0.29) is 34.0 Å². The van der Waals surface area contributed by atoms with E-state index in [1.54, 1.807) is 0 Å². The number of quaternary nitrogens is 2. The summed E-state index contributed by atoms with van der Waals surface area (Å²) in [5.41, 5.74) is 0. The van der Waals surface area contributed by atoms with Crippen LogP contribution in [0.1, 0.15) is 136 Å². The van der Waals surface area contributed by atoms with Crippen LogP contribution < -0.4 is 34.0 Å². The Bertz CT molecular complexity index is 373. The Hall–Kier alpha value is 0.880. The minimum absolute atomic E-state index is 0. The maximum Gasteiger partial charge on any atom is 0.128 e. The van der Waals surface area contributed by atoms with Gasteiger partial charge in [0.05, 0.1) is 41.3 Å². The van der Waals surface area contributed by atoms with Crippen LogP contribution in [0.5, 0.6) is 0 Å². The van der Waals surface area contributed by atoms with E-state index >= 15 is 0 Å². The van der Waals surface area contributed by atoms with Crippen molar-refractivity contribution >= 4 is 0 Å². The van der Waals surface area contributed by atoms with Crippen LogP contribution in [0.3, 0.4) is 0 Å². The van der Waals surface area contributed by atoms with Gasteiger partial charge in [-0.3, -0.25) is 0 Å². The van der Waals surface area contributed by atoms with Crippen LogP contribution in [0, 0.1) is 0 Å². The van der Waals surface area contributed by atoms with E-state index < -0.39 is 0 Å². The first kappa shape index (κ1) is 38.4. The smallest absolute Gasteiger partial charge is 0.128 e. The summed E-state index contributed by atoms with van der Waals surface area (Å²) >= 11 is 0. The van der Waals surface area contributed by atoms with Gasteiger partial charge in [-0.2, -0.15) is 0 Å². The maximum absolute atomic E-state index is 2.45. The summed E-state index contributed by atoms with van der Waals surface area (Å²) in [4.78, 5) is 0. The largest absolute Gasteiger partial charge is 1.00 e. The highest BCUT2D eigenvalue weighted by molar-refractivity contribution is 4.49. The minimum atomic E-state index is 0. The van der Waals surface area contributed by atoms with Gasteiger partial charge < -0.3 is 42.9 Å². The molecule has 0 N–H and O–H groups in total. The minimum Gasteiger partial charge on any atom is -1.00 e. The normalized spacial score (nSPS) is 11.8. The van der Waals surface area contributed by atoms with Gasteiger partial charge in [-0.25, -0.2) is 0 Å². The van der Waals surface area contributed by atoms with Gasteiger partial charge in [0.15, 0.2) is 0 Å². The summed E-state index contributed by atoms with van der Waals surface area (Å²) in [6.07, 6.45) is 27.3. The molecule has 0 bridgehead atoms. The van der Waals surface area contributed by atoms with Crippen LogP contribution >= 0.6 is 0 Å². The molecule has 0 radical (unpaired) electrons. The number of rotatable bonds is 24. The third-order valence-corrected chi connectivity index (χ3v) is 7.29. The molecule has 0 rings (SSSR count). The summed E-state index contributed by atoms with van der Waals surface area (Å²) in [5.74, 6) is 0. The lowest BCUT2D eigenvalue weighted by atomic mass is 10.1. The summed E-state index contributed by atoms with van der Waals surface area (Å²) in [6, 6.07) is 0. The van der Waals surface area contributed by atoms with Gasteiger partial charge in [-0.05, 0) is 25.7 Å². The van der Waals surface area contributed by atoms with Crippen LogP contribution in [-0.4, -0.2) is 63.3 Å². The molecule has 4 heteroatoms. The highest BCUT2D eigenvalue weighted by atomic mass is 79.9. The SMILES string of the molecule is CCCCCCCCCCCCC[N+](C)(C)CC[N+](C)(C)CCCCCCCCCC.[Br-].[Br-]. The second-order valence-corrected chi connectivity index (χ2v) is 11.8. The zero-order valence-electron chi connectivity index (χ0n) is 23.9. The van der Waals surface area contributed by atoms with Gasteiger partial charge in [0.2, 0.25) is 0 Å². The molecule has 0 atom stereocenters. The molecular weight excluding hydrogens is 536 g/mol. The quantitative estimate of drug-likeness (QED) is 0.118. The van der Waals surface area contributed by atoms with E-state index in [4.69, 9.17) is 0 Å². The van der Waals surface area contributed by atoms with Gasteiger partial charge in [0.1, 0.15) is 13.1 Å². The average Bonchev–Trinajstić information content (AvgIpc) is 2.73. The zero-order valence-corrected chi connectivity index (χ0v) is 27.1. The van der Waals surface area contributed by atoms with Crippen LogP contribution in [0.4, 0.5) is 0 Å². The fourth-order valence-electron chi connectivity index (χ4n) is 4.64. The third kappa shape index (κ3) is 29.0.